The highest BCUT2D eigenvalue weighted by Gasteiger charge is 1.98. The molecule has 0 saturated heterocycles. The number of hydrogen-bond donors (Lipinski definition) is 0. The predicted molar refractivity (Wildman–Crippen MR) is 95.3 cm³/mol. The van der Waals surface area contributed by atoms with Gasteiger partial charge in [0.2, 0.25) is 0 Å². The van der Waals surface area contributed by atoms with Crippen molar-refractivity contribution in [3.8, 4) is 0 Å². The molecule has 0 bridgehead atoms. The monoisotopic (exact) mass is 292 g/mol. The van der Waals surface area contributed by atoms with Crippen LogP contribution >= 0.6 is 0 Å². The maximum Gasteiger partial charge on any atom is 0.333 e. The van der Waals surface area contributed by atoms with Crippen molar-refractivity contribution in [2.45, 2.75) is 48.5 Å². The van der Waals surface area contributed by atoms with E-state index in [9.17, 15) is 4.79 Å². The molecule has 120 valence electrons. The fourth-order valence-corrected chi connectivity index (χ4v) is 1.14. The first-order valence-corrected chi connectivity index (χ1v) is 7.35. The van der Waals surface area contributed by atoms with Crippen LogP contribution in [0.2, 0.25) is 0 Å². The summed E-state index contributed by atoms with van der Waals surface area (Å²) >= 11 is 0. The molecule has 0 aromatic rings. The Morgan fingerprint density at radius 3 is 1.81 bits per heavy atom. The first-order valence-electron chi connectivity index (χ1n) is 7.35. The highest BCUT2D eigenvalue weighted by molar-refractivity contribution is 5.86. The fraction of sp³-hybridized carbons (Fsp3) is 0.421. The molecule has 0 unspecified atom stereocenters. The van der Waals surface area contributed by atoms with E-state index in [1.807, 2.05) is 45.9 Å². The molecule has 2 nitrogen and oxygen atoms in total. The van der Waals surface area contributed by atoms with Crippen molar-refractivity contribution >= 4 is 5.97 Å². The topological polar surface area (TPSA) is 26.3 Å². The Kier molecular flexibility index (Phi) is 20.9. The standard InChI is InChI=1S/C11H16.C6H10O2.C2H6/c1-5-8-10(4)11(7-3)9-6-2;1-4-8-6(7)5(2)3;1-2/h5-9H,3H2,1-2,4H3;2,4H2,1,3H3;1-2H3/b8-5-,9-6-,11-10+;;. The second kappa shape index (κ2) is 18.2. The second-order valence-corrected chi connectivity index (χ2v) is 3.84. The van der Waals surface area contributed by atoms with Crippen LogP contribution in [0.25, 0.3) is 0 Å². The van der Waals surface area contributed by atoms with E-state index in [1.165, 1.54) is 11.1 Å². The lowest BCUT2D eigenvalue weighted by molar-refractivity contribution is -0.138. The first kappa shape index (κ1) is 24.2. The zero-order valence-electron chi connectivity index (χ0n) is 14.8. The zero-order valence-corrected chi connectivity index (χ0v) is 14.8. The normalized spacial score (nSPS) is 10.8. The summed E-state index contributed by atoms with van der Waals surface area (Å²) in [4.78, 5) is 10.4. The summed E-state index contributed by atoms with van der Waals surface area (Å²) < 4.78 is 4.56. The Balaban J connectivity index is -0.000000286. The Morgan fingerprint density at radius 2 is 1.57 bits per heavy atom. The van der Waals surface area contributed by atoms with Gasteiger partial charge in [-0.05, 0) is 45.8 Å². The molecule has 0 heterocycles. The van der Waals surface area contributed by atoms with Crippen LogP contribution in [-0.2, 0) is 9.53 Å². The average molecular weight is 292 g/mol. The highest BCUT2D eigenvalue weighted by atomic mass is 16.5. The van der Waals surface area contributed by atoms with Gasteiger partial charge in [-0.25, -0.2) is 4.79 Å². The van der Waals surface area contributed by atoms with Crippen LogP contribution in [0.15, 0.2) is 60.3 Å². The molecule has 2 heteroatoms. The van der Waals surface area contributed by atoms with Crippen LogP contribution in [-0.4, -0.2) is 12.6 Å². The number of carbonyl (C=O) groups is 1. The van der Waals surface area contributed by atoms with Crippen LogP contribution < -0.4 is 0 Å². The molecule has 0 amide bonds. The lowest BCUT2D eigenvalue weighted by atomic mass is 10.1. The van der Waals surface area contributed by atoms with Crippen molar-refractivity contribution in [1.29, 1.82) is 0 Å². The molecule has 0 saturated carbocycles. The van der Waals surface area contributed by atoms with Gasteiger partial charge < -0.3 is 4.74 Å². The van der Waals surface area contributed by atoms with Crippen molar-refractivity contribution in [2.75, 3.05) is 6.61 Å². The Bertz CT molecular complexity index is 382. The van der Waals surface area contributed by atoms with Crippen LogP contribution in [0, 0.1) is 0 Å². The van der Waals surface area contributed by atoms with Gasteiger partial charge in [-0.2, -0.15) is 0 Å². The molecule has 0 aliphatic rings. The molecule has 0 spiro atoms. The number of allylic oxidation sites excluding steroid dienone is 7. The highest BCUT2D eigenvalue weighted by Crippen LogP contribution is 2.07. The summed E-state index contributed by atoms with van der Waals surface area (Å²) in [5, 5.41) is 0. The van der Waals surface area contributed by atoms with Crippen molar-refractivity contribution in [3.63, 3.8) is 0 Å². The number of rotatable bonds is 5. The summed E-state index contributed by atoms with van der Waals surface area (Å²) in [5.41, 5.74) is 2.89. The van der Waals surface area contributed by atoms with Crippen molar-refractivity contribution in [1.82, 2.24) is 0 Å². The van der Waals surface area contributed by atoms with Gasteiger partial charge in [0.1, 0.15) is 0 Å². The van der Waals surface area contributed by atoms with E-state index in [4.69, 9.17) is 0 Å². The van der Waals surface area contributed by atoms with Gasteiger partial charge in [-0.3, -0.25) is 0 Å². The Morgan fingerprint density at radius 1 is 1.10 bits per heavy atom. The number of esters is 1. The lowest BCUT2D eigenvalue weighted by Gasteiger charge is -1.96. The molecule has 21 heavy (non-hydrogen) atoms. The summed E-state index contributed by atoms with van der Waals surface area (Å²) in [7, 11) is 0. The van der Waals surface area contributed by atoms with Crippen LogP contribution in [0.3, 0.4) is 0 Å². The Labute approximate surface area is 131 Å². The minimum Gasteiger partial charge on any atom is -0.463 e. The largest absolute Gasteiger partial charge is 0.463 e. The summed E-state index contributed by atoms with van der Waals surface area (Å²) in [6.45, 7) is 21.0. The van der Waals surface area contributed by atoms with Crippen molar-refractivity contribution < 1.29 is 9.53 Å². The molecule has 0 aliphatic carbocycles. The van der Waals surface area contributed by atoms with Gasteiger partial charge in [0.05, 0.1) is 6.61 Å². The SMILES string of the molecule is C=C(C)C(=O)OCC.C=CC(/C=C\C)=C(C)\C=C/C.CC. The van der Waals surface area contributed by atoms with Crippen LogP contribution in [0.1, 0.15) is 48.5 Å². The predicted octanol–water partition coefficient (Wildman–Crippen LogP) is 5.79. The van der Waals surface area contributed by atoms with Crippen LogP contribution in [0.5, 0.6) is 0 Å². The smallest absolute Gasteiger partial charge is 0.333 e. The third kappa shape index (κ3) is 16.1. The van der Waals surface area contributed by atoms with E-state index < -0.39 is 0 Å². The summed E-state index contributed by atoms with van der Waals surface area (Å²) in [5.74, 6) is -0.312. The second-order valence-electron chi connectivity index (χ2n) is 3.84. The van der Waals surface area contributed by atoms with Crippen molar-refractivity contribution in [2.24, 2.45) is 0 Å². The van der Waals surface area contributed by atoms with E-state index in [1.54, 1.807) is 13.8 Å². The zero-order chi connectivity index (χ0) is 17.3. The van der Waals surface area contributed by atoms with Gasteiger partial charge in [0, 0.05) is 5.57 Å². The lowest BCUT2D eigenvalue weighted by Crippen LogP contribution is -2.03. The number of ether oxygens (including phenoxy) is 1. The molecule has 0 aromatic carbocycles. The molecule has 0 atom stereocenters. The van der Waals surface area contributed by atoms with Gasteiger partial charge in [-0.1, -0.05) is 57.4 Å². The van der Waals surface area contributed by atoms with Crippen LogP contribution in [0.4, 0.5) is 0 Å². The third-order valence-electron chi connectivity index (χ3n) is 2.06. The summed E-state index contributed by atoms with van der Waals surface area (Å²) in [6, 6.07) is 0. The maximum atomic E-state index is 10.4. The average Bonchev–Trinajstić information content (AvgIpc) is 2.47. The quantitative estimate of drug-likeness (QED) is 0.364. The van der Waals surface area contributed by atoms with Gasteiger partial charge >= 0.3 is 5.97 Å². The molecule has 0 fully saturated rings. The molecule has 0 radical (unpaired) electrons. The van der Waals surface area contributed by atoms with E-state index in [-0.39, 0.29) is 5.97 Å². The first-order chi connectivity index (χ1) is 9.94. The van der Waals surface area contributed by atoms with Crippen molar-refractivity contribution in [3.05, 3.63) is 60.3 Å². The van der Waals surface area contributed by atoms with E-state index in [0.29, 0.717) is 12.2 Å². The number of hydrogen-bond acceptors (Lipinski definition) is 2. The van der Waals surface area contributed by atoms with E-state index >= 15 is 0 Å². The van der Waals surface area contributed by atoms with Gasteiger partial charge in [-0.15, -0.1) is 0 Å². The Hall–Kier alpha value is -1.83. The molecule has 0 N–H and O–H groups in total. The fourth-order valence-electron chi connectivity index (χ4n) is 1.14. The molecular weight excluding hydrogens is 260 g/mol. The van der Waals surface area contributed by atoms with E-state index in [2.05, 4.69) is 37.0 Å². The maximum absolute atomic E-state index is 10.4. The number of carbonyl (C=O) groups excluding carboxylic acids is 1. The van der Waals surface area contributed by atoms with E-state index in [0.717, 1.165) is 0 Å². The molecule has 0 aromatic heterocycles. The molecule has 0 rings (SSSR count). The van der Waals surface area contributed by atoms with Gasteiger partial charge in [0.15, 0.2) is 0 Å². The minimum absolute atomic E-state index is 0.312. The molecular formula is C19H32O2. The summed E-state index contributed by atoms with van der Waals surface area (Å²) in [6.07, 6.45) is 10.1. The molecule has 0 aliphatic heterocycles. The van der Waals surface area contributed by atoms with Gasteiger partial charge in [0.25, 0.3) is 0 Å². The minimum atomic E-state index is -0.312. The third-order valence-corrected chi connectivity index (χ3v) is 2.06.